The summed E-state index contributed by atoms with van der Waals surface area (Å²) >= 11 is 3.36. The van der Waals surface area contributed by atoms with Gasteiger partial charge >= 0.3 is 0 Å². The molecule has 0 aromatic heterocycles. The van der Waals surface area contributed by atoms with Gasteiger partial charge in [-0.05, 0) is 12.1 Å². The first kappa shape index (κ1) is 8.20. The third-order valence-electron chi connectivity index (χ3n) is 1.18. The standard InChI is InChI=1S/C7H4F2OS/c8-5-3-1-2-4(6(5)9)7(10)11/h1-3H,(H,10,11). The molecule has 0 saturated heterocycles. The average Bonchev–Trinajstić information content (AvgIpc) is 1.94. The Bertz CT molecular complexity index is 298. The van der Waals surface area contributed by atoms with Gasteiger partial charge in [-0.3, -0.25) is 4.79 Å². The first-order valence-electron chi connectivity index (χ1n) is 2.80. The molecule has 0 radical (unpaired) electrons. The van der Waals surface area contributed by atoms with Crippen LogP contribution >= 0.6 is 12.6 Å². The minimum Gasteiger partial charge on any atom is -0.282 e. The van der Waals surface area contributed by atoms with Crippen molar-refractivity contribution in [3.63, 3.8) is 0 Å². The molecule has 1 rings (SSSR count). The van der Waals surface area contributed by atoms with Crippen LogP contribution in [0.4, 0.5) is 8.78 Å². The number of thiol groups is 1. The molecule has 0 fully saturated rings. The van der Waals surface area contributed by atoms with Gasteiger partial charge in [-0.1, -0.05) is 6.07 Å². The van der Waals surface area contributed by atoms with Crippen LogP contribution in [0.5, 0.6) is 0 Å². The fraction of sp³-hybridized carbons (Fsp3) is 0. The van der Waals surface area contributed by atoms with Gasteiger partial charge in [0.25, 0.3) is 0 Å². The molecule has 0 amide bonds. The van der Waals surface area contributed by atoms with Gasteiger partial charge in [-0.2, -0.15) is 0 Å². The topological polar surface area (TPSA) is 17.1 Å². The molecule has 0 N–H and O–H groups in total. The highest BCUT2D eigenvalue weighted by Crippen LogP contribution is 2.12. The smallest absolute Gasteiger partial charge is 0.219 e. The molecule has 58 valence electrons. The van der Waals surface area contributed by atoms with Crippen LogP contribution in [-0.2, 0) is 0 Å². The highest BCUT2D eigenvalue weighted by Gasteiger charge is 2.10. The van der Waals surface area contributed by atoms with Crippen molar-refractivity contribution in [3.05, 3.63) is 35.4 Å². The zero-order chi connectivity index (χ0) is 8.43. The van der Waals surface area contributed by atoms with Crippen molar-refractivity contribution in [3.8, 4) is 0 Å². The number of halogens is 2. The highest BCUT2D eigenvalue weighted by molar-refractivity contribution is 7.97. The van der Waals surface area contributed by atoms with Crippen LogP contribution in [0.2, 0.25) is 0 Å². The molecule has 0 aliphatic carbocycles. The molecule has 0 aliphatic rings. The summed E-state index contributed by atoms with van der Waals surface area (Å²) in [5, 5.41) is -0.776. The van der Waals surface area contributed by atoms with Gasteiger partial charge < -0.3 is 0 Å². The summed E-state index contributed by atoms with van der Waals surface area (Å²) in [6.07, 6.45) is 0. The van der Waals surface area contributed by atoms with Crippen LogP contribution in [-0.4, -0.2) is 5.12 Å². The largest absolute Gasteiger partial charge is 0.282 e. The summed E-state index contributed by atoms with van der Waals surface area (Å²) in [5.41, 5.74) is -0.340. The molecule has 1 nitrogen and oxygen atoms in total. The zero-order valence-electron chi connectivity index (χ0n) is 5.34. The molecule has 0 aliphatic heterocycles. The van der Waals surface area contributed by atoms with Gasteiger partial charge in [-0.25, -0.2) is 8.78 Å². The Balaban J connectivity index is 3.27. The van der Waals surface area contributed by atoms with Crippen LogP contribution in [0.1, 0.15) is 10.4 Å². The summed E-state index contributed by atoms with van der Waals surface area (Å²) in [5.74, 6) is -2.18. The molecule has 11 heavy (non-hydrogen) atoms. The van der Waals surface area contributed by atoms with Crippen molar-refractivity contribution in [1.29, 1.82) is 0 Å². The number of carbonyl (C=O) groups excluding carboxylic acids is 1. The van der Waals surface area contributed by atoms with Crippen molar-refractivity contribution in [2.24, 2.45) is 0 Å². The molecule has 0 bridgehead atoms. The monoisotopic (exact) mass is 174 g/mol. The van der Waals surface area contributed by atoms with Gasteiger partial charge in [-0.15, -0.1) is 12.6 Å². The first-order chi connectivity index (χ1) is 5.13. The van der Waals surface area contributed by atoms with E-state index in [0.717, 1.165) is 6.07 Å². The van der Waals surface area contributed by atoms with Crippen molar-refractivity contribution in [2.45, 2.75) is 0 Å². The summed E-state index contributed by atoms with van der Waals surface area (Å²) in [6, 6.07) is 3.37. The number of hydrogen-bond acceptors (Lipinski definition) is 1. The van der Waals surface area contributed by atoms with Crippen molar-refractivity contribution >= 4 is 17.7 Å². The third kappa shape index (κ3) is 1.57. The van der Waals surface area contributed by atoms with Crippen molar-refractivity contribution in [1.82, 2.24) is 0 Å². The SMILES string of the molecule is O=C(S)c1cccc(F)c1F. The van der Waals surface area contributed by atoms with Crippen molar-refractivity contribution in [2.75, 3.05) is 0 Å². The molecule has 4 heteroatoms. The minimum atomic E-state index is -1.15. The van der Waals surface area contributed by atoms with E-state index in [1.807, 2.05) is 0 Å². The van der Waals surface area contributed by atoms with Gasteiger partial charge in [0.2, 0.25) is 5.12 Å². The maximum atomic E-state index is 12.6. The lowest BCUT2D eigenvalue weighted by atomic mass is 10.2. The third-order valence-corrected chi connectivity index (χ3v) is 1.42. The summed E-state index contributed by atoms with van der Waals surface area (Å²) in [7, 11) is 0. The lowest BCUT2D eigenvalue weighted by Crippen LogP contribution is -1.96. The Kier molecular flexibility index (Phi) is 2.24. The fourth-order valence-electron chi connectivity index (χ4n) is 0.669. The van der Waals surface area contributed by atoms with E-state index in [4.69, 9.17) is 0 Å². The Labute approximate surface area is 67.4 Å². The van der Waals surface area contributed by atoms with E-state index in [9.17, 15) is 13.6 Å². The second-order valence-electron chi connectivity index (χ2n) is 1.91. The van der Waals surface area contributed by atoms with E-state index in [0.29, 0.717) is 0 Å². The van der Waals surface area contributed by atoms with E-state index >= 15 is 0 Å². The van der Waals surface area contributed by atoms with E-state index in [1.165, 1.54) is 12.1 Å². The molecule has 1 aromatic carbocycles. The normalized spacial score (nSPS) is 9.73. The fourth-order valence-corrected chi connectivity index (χ4v) is 0.842. The maximum absolute atomic E-state index is 12.6. The average molecular weight is 174 g/mol. The minimum absolute atomic E-state index is 0.340. The lowest BCUT2D eigenvalue weighted by molar-refractivity contribution is 0.108. The molecule has 0 unspecified atom stereocenters. The molecule has 0 spiro atoms. The van der Waals surface area contributed by atoms with Gasteiger partial charge in [0.15, 0.2) is 11.6 Å². The zero-order valence-corrected chi connectivity index (χ0v) is 6.24. The van der Waals surface area contributed by atoms with Crippen LogP contribution in [0.3, 0.4) is 0 Å². The highest BCUT2D eigenvalue weighted by atomic mass is 32.1. The van der Waals surface area contributed by atoms with Crippen LogP contribution in [0.15, 0.2) is 18.2 Å². The summed E-state index contributed by atoms with van der Waals surface area (Å²) in [6.45, 7) is 0. The summed E-state index contributed by atoms with van der Waals surface area (Å²) in [4.78, 5) is 10.5. The quantitative estimate of drug-likeness (QED) is 0.644. The number of hydrogen-bond donors (Lipinski definition) is 1. The lowest BCUT2D eigenvalue weighted by Gasteiger charge is -1.96. The van der Waals surface area contributed by atoms with E-state index < -0.39 is 16.7 Å². The Morgan fingerprint density at radius 2 is 2.00 bits per heavy atom. The summed E-state index contributed by atoms with van der Waals surface area (Å²) < 4.78 is 25.0. The second kappa shape index (κ2) is 3.00. The van der Waals surface area contributed by atoms with Crippen LogP contribution < -0.4 is 0 Å². The molecule has 0 saturated carbocycles. The second-order valence-corrected chi connectivity index (χ2v) is 2.31. The molecular formula is C7H4F2OS. The number of benzene rings is 1. The van der Waals surface area contributed by atoms with E-state index in [1.54, 1.807) is 0 Å². The van der Waals surface area contributed by atoms with Crippen molar-refractivity contribution < 1.29 is 13.6 Å². The number of rotatable bonds is 1. The van der Waals surface area contributed by atoms with E-state index in [2.05, 4.69) is 12.6 Å². The Hall–Kier alpha value is -0.900. The molecule has 0 heterocycles. The van der Waals surface area contributed by atoms with E-state index in [-0.39, 0.29) is 5.56 Å². The maximum Gasteiger partial charge on any atom is 0.219 e. The van der Waals surface area contributed by atoms with Gasteiger partial charge in [0.05, 0.1) is 5.56 Å². The Morgan fingerprint density at radius 1 is 1.36 bits per heavy atom. The van der Waals surface area contributed by atoms with Gasteiger partial charge in [0.1, 0.15) is 0 Å². The first-order valence-corrected chi connectivity index (χ1v) is 3.25. The number of carbonyl (C=O) groups is 1. The van der Waals surface area contributed by atoms with Gasteiger partial charge in [0, 0.05) is 0 Å². The van der Waals surface area contributed by atoms with Crippen LogP contribution in [0.25, 0.3) is 0 Å². The van der Waals surface area contributed by atoms with Crippen LogP contribution in [0, 0.1) is 11.6 Å². The predicted octanol–water partition coefficient (Wildman–Crippen LogP) is 2.03. The molecule has 0 atom stereocenters. The Morgan fingerprint density at radius 3 is 2.45 bits per heavy atom. The predicted molar refractivity (Wildman–Crippen MR) is 39.7 cm³/mol. The molecular weight excluding hydrogens is 170 g/mol. The molecule has 1 aromatic rings.